The summed E-state index contributed by atoms with van der Waals surface area (Å²) in [5.74, 6) is 0.662. The van der Waals surface area contributed by atoms with Crippen LogP contribution in [-0.2, 0) is 22.6 Å². The van der Waals surface area contributed by atoms with Gasteiger partial charge in [0.2, 0.25) is 11.8 Å². The highest BCUT2D eigenvalue weighted by Crippen LogP contribution is 2.27. The lowest BCUT2D eigenvalue weighted by Gasteiger charge is -2.29. The van der Waals surface area contributed by atoms with E-state index in [1.54, 1.807) is 11.3 Å². The number of hydrogen-bond donors (Lipinski definition) is 0. The lowest BCUT2D eigenvalue weighted by molar-refractivity contribution is -0.131. The van der Waals surface area contributed by atoms with E-state index < -0.39 is 0 Å². The molecule has 6 heteroatoms. The molecule has 2 heterocycles. The molecule has 5 nitrogen and oxygen atoms in total. The third kappa shape index (κ3) is 7.16. The van der Waals surface area contributed by atoms with Crippen LogP contribution in [0.4, 0.5) is 5.69 Å². The first-order valence-corrected chi connectivity index (χ1v) is 14.3. The van der Waals surface area contributed by atoms with Gasteiger partial charge in [-0.15, -0.1) is 11.3 Å². The molecule has 0 spiro atoms. The van der Waals surface area contributed by atoms with E-state index >= 15 is 0 Å². The molecule has 0 unspecified atom stereocenters. The van der Waals surface area contributed by atoms with Crippen molar-refractivity contribution in [2.24, 2.45) is 5.92 Å². The van der Waals surface area contributed by atoms with Crippen LogP contribution in [0.5, 0.6) is 0 Å². The van der Waals surface area contributed by atoms with Crippen LogP contribution in [0.1, 0.15) is 75.8 Å². The fraction of sp³-hybridized carbons (Fsp3) is 0.500. The maximum atomic E-state index is 13.5. The lowest BCUT2D eigenvalue weighted by atomic mass is 10.1. The van der Waals surface area contributed by atoms with Gasteiger partial charge >= 0.3 is 0 Å². The number of aryl methyl sites for hydroxylation is 1. The van der Waals surface area contributed by atoms with Gasteiger partial charge in [-0.2, -0.15) is 0 Å². The van der Waals surface area contributed by atoms with Crippen LogP contribution in [0.3, 0.4) is 0 Å². The first-order chi connectivity index (χ1) is 17.5. The Morgan fingerprint density at radius 3 is 2.36 bits per heavy atom. The molecule has 1 aliphatic heterocycles. The SMILES string of the molecule is CC(C)CC(=O)N1CCCCCCCCN(C(=O)CCc2nc3ccccc3s2)Cc2ccccc21. The predicted octanol–water partition coefficient (Wildman–Crippen LogP) is 6.99. The Balaban J connectivity index is 1.53. The molecule has 2 aromatic carbocycles. The normalized spacial score (nSPS) is 15.8. The zero-order valence-electron chi connectivity index (χ0n) is 21.7. The van der Waals surface area contributed by atoms with Crippen LogP contribution in [0, 0.1) is 5.92 Å². The minimum atomic E-state index is 0.166. The van der Waals surface area contributed by atoms with Crippen LogP contribution in [0.2, 0.25) is 0 Å². The number of aromatic nitrogens is 1. The number of benzene rings is 2. The molecule has 0 atom stereocenters. The van der Waals surface area contributed by atoms with Gasteiger partial charge in [0.05, 0.1) is 15.2 Å². The van der Waals surface area contributed by atoms with Gasteiger partial charge in [0, 0.05) is 44.6 Å². The second-order valence-corrected chi connectivity index (χ2v) is 11.4. The Kier molecular flexibility index (Phi) is 9.51. The molecule has 1 aliphatic rings. The Labute approximate surface area is 219 Å². The van der Waals surface area contributed by atoms with Gasteiger partial charge in [0.15, 0.2) is 0 Å². The number of rotatable bonds is 5. The molecule has 0 saturated carbocycles. The molecule has 0 fully saturated rings. The molecule has 192 valence electrons. The first-order valence-electron chi connectivity index (χ1n) is 13.5. The second-order valence-electron chi connectivity index (χ2n) is 10.3. The summed E-state index contributed by atoms with van der Waals surface area (Å²) in [4.78, 5) is 35.4. The van der Waals surface area contributed by atoms with E-state index in [2.05, 4.69) is 32.0 Å². The van der Waals surface area contributed by atoms with Crippen LogP contribution in [-0.4, -0.2) is 34.8 Å². The molecule has 0 N–H and O–H groups in total. The van der Waals surface area contributed by atoms with E-state index in [1.807, 2.05) is 40.1 Å². The number of fused-ring (bicyclic) bond motifs is 2. The third-order valence-electron chi connectivity index (χ3n) is 6.83. The third-order valence-corrected chi connectivity index (χ3v) is 7.93. The van der Waals surface area contributed by atoms with Gasteiger partial charge in [-0.25, -0.2) is 4.98 Å². The molecule has 1 aromatic heterocycles. The molecule has 36 heavy (non-hydrogen) atoms. The predicted molar refractivity (Wildman–Crippen MR) is 149 cm³/mol. The van der Waals surface area contributed by atoms with Crippen molar-refractivity contribution in [3.63, 3.8) is 0 Å². The van der Waals surface area contributed by atoms with Gasteiger partial charge in [-0.1, -0.05) is 69.9 Å². The van der Waals surface area contributed by atoms with Crippen LogP contribution < -0.4 is 4.90 Å². The standard InChI is InChI=1S/C30H39N3O2S/c1-23(2)21-30(35)33-20-12-6-4-3-5-11-19-32(22-24-13-7-9-15-26(24)33)29(34)18-17-28-31-25-14-8-10-16-27(25)36-28/h7-10,13-16,23H,3-6,11-12,17-22H2,1-2H3. The first kappa shape index (κ1) is 26.3. The van der Waals surface area contributed by atoms with Crippen molar-refractivity contribution in [2.45, 2.75) is 78.2 Å². The van der Waals surface area contributed by atoms with E-state index in [9.17, 15) is 9.59 Å². The molecule has 4 rings (SSSR count). The number of anilines is 1. The number of amides is 2. The Morgan fingerprint density at radius 1 is 0.889 bits per heavy atom. The molecule has 0 radical (unpaired) electrons. The largest absolute Gasteiger partial charge is 0.338 e. The fourth-order valence-electron chi connectivity index (χ4n) is 4.92. The number of nitrogens with zero attached hydrogens (tertiary/aromatic N) is 3. The summed E-state index contributed by atoms with van der Waals surface area (Å²) >= 11 is 1.68. The number of hydrogen-bond acceptors (Lipinski definition) is 4. The van der Waals surface area contributed by atoms with Crippen molar-refractivity contribution < 1.29 is 9.59 Å². The lowest BCUT2D eigenvalue weighted by Crippen LogP contribution is -2.35. The zero-order valence-corrected chi connectivity index (χ0v) is 22.6. The summed E-state index contributed by atoms with van der Waals surface area (Å²) in [5, 5.41) is 1.02. The Morgan fingerprint density at radius 2 is 1.58 bits per heavy atom. The van der Waals surface area contributed by atoms with Gasteiger partial charge in [-0.3, -0.25) is 9.59 Å². The minimum absolute atomic E-state index is 0.166. The molecular formula is C30H39N3O2S. The highest BCUT2D eigenvalue weighted by molar-refractivity contribution is 7.18. The van der Waals surface area contributed by atoms with Gasteiger partial charge in [0.25, 0.3) is 0 Å². The summed E-state index contributed by atoms with van der Waals surface area (Å²) in [6.45, 7) is 6.23. The van der Waals surface area contributed by atoms with Crippen LogP contribution >= 0.6 is 11.3 Å². The van der Waals surface area contributed by atoms with E-state index in [0.717, 1.165) is 60.5 Å². The topological polar surface area (TPSA) is 53.5 Å². The van der Waals surface area contributed by atoms with Crippen molar-refractivity contribution in [1.29, 1.82) is 0 Å². The number of thiazole rings is 1. The van der Waals surface area contributed by atoms with E-state index in [4.69, 9.17) is 4.98 Å². The van der Waals surface area contributed by atoms with Crippen LogP contribution in [0.15, 0.2) is 48.5 Å². The maximum Gasteiger partial charge on any atom is 0.227 e. The summed E-state index contributed by atoms with van der Waals surface area (Å²) < 4.78 is 1.17. The average molecular weight is 506 g/mol. The molecule has 0 saturated heterocycles. The summed E-state index contributed by atoms with van der Waals surface area (Å²) in [6.07, 6.45) is 8.33. The Hall–Kier alpha value is -2.73. The van der Waals surface area contributed by atoms with E-state index in [-0.39, 0.29) is 11.8 Å². The average Bonchev–Trinajstić information content (AvgIpc) is 3.29. The smallest absolute Gasteiger partial charge is 0.227 e. The summed E-state index contributed by atoms with van der Waals surface area (Å²) in [7, 11) is 0. The molecule has 0 aliphatic carbocycles. The molecular weight excluding hydrogens is 466 g/mol. The van der Waals surface area contributed by atoms with Gasteiger partial charge in [-0.05, 0) is 42.5 Å². The molecule has 2 amide bonds. The summed E-state index contributed by atoms with van der Waals surface area (Å²) in [6, 6.07) is 16.3. The van der Waals surface area contributed by atoms with Crippen molar-refractivity contribution in [3.8, 4) is 0 Å². The highest BCUT2D eigenvalue weighted by Gasteiger charge is 2.22. The van der Waals surface area contributed by atoms with Gasteiger partial charge in [0.1, 0.15) is 0 Å². The van der Waals surface area contributed by atoms with Gasteiger partial charge < -0.3 is 9.80 Å². The fourth-order valence-corrected chi connectivity index (χ4v) is 5.89. The van der Waals surface area contributed by atoms with Crippen LogP contribution in [0.25, 0.3) is 10.2 Å². The minimum Gasteiger partial charge on any atom is -0.338 e. The molecule has 0 bridgehead atoms. The van der Waals surface area contributed by atoms with Crippen molar-refractivity contribution in [1.82, 2.24) is 9.88 Å². The number of carbonyl (C=O) groups excluding carboxylic acids is 2. The van der Waals surface area contributed by atoms with Crippen molar-refractivity contribution >= 4 is 39.1 Å². The summed E-state index contributed by atoms with van der Waals surface area (Å²) in [5.41, 5.74) is 3.03. The highest BCUT2D eigenvalue weighted by atomic mass is 32.1. The van der Waals surface area contributed by atoms with E-state index in [1.165, 1.54) is 17.5 Å². The maximum absolute atomic E-state index is 13.5. The number of carbonyl (C=O) groups is 2. The zero-order chi connectivity index (χ0) is 25.3. The van der Waals surface area contributed by atoms with Crippen molar-refractivity contribution in [2.75, 3.05) is 18.0 Å². The van der Waals surface area contributed by atoms with Crippen molar-refractivity contribution in [3.05, 3.63) is 59.1 Å². The molecule has 3 aromatic rings. The monoisotopic (exact) mass is 505 g/mol. The van der Waals surface area contributed by atoms with E-state index in [0.29, 0.717) is 31.7 Å². The second kappa shape index (κ2) is 13.0. The Bertz CT molecular complexity index is 1120. The number of para-hydroxylation sites is 2. The quantitative estimate of drug-likeness (QED) is 0.375.